The molecule has 0 atom stereocenters. The maximum atomic E-state index is 12.5. The molecule has 17 heavy (non-hydrogen) atoms. The quantitative estimate of drug-likeness (QED) is 0.702. The van der Waals surface area contributed by atoms with Crippen LogP contribution in [0.3, 0.4) is 0 Å². The van der Waals surface area contributed by atoms with Gasteiger partial charge in [0.25, 0.3) is 0 Å². The number of carbonyl (C=O) groups is 1. The summed E-state index contributed by atoms with van der Waals surface area (Å²) in [5.41, 5.74) is -2.70. The number of amides is 1. The maximum Gasteiger partial charge on any atom is 0.410 e. The maximum absolute atomic E-state index is 12.5. The predicted molar refractivity (Wildman–Crippen MR) is 64.6 cm³/mol. The molecule has 1 aliphatic rings. The molecule has 0 aliphatic carbocycles. The van der Waals surface area contributed by atoms with E-state index in [1.807, 2.05) is 0 Å². The van der Waals surface area contributed by atoms with E-state index in [2.05, 4.69) is 4.98 Å². The summed E-state index contributed by atoms with van der Waals surface area (Å²) < 4.78 is 76.9. The van der Waals surface area contributed by atoms with Gasteiger partial charge in [0.05, 0.1) is 13.4 Å². The molecule has 2 rings (SSSR count). The Hall–Kier alpha value is -1.58. The van der Waals surface area contributed by atoms with Gasteiger partial charge < -0.3 is 9.64 Å². The van der Waals surface area contributed by atoms with Crippen molar-refractivity contribution in [2.45, 2.75) is 39.2 Å². The first-order chi connectivity index (χ1) is 11.5. The van der Waals surface area contributed by atoms with Gasteiger partial charge in [-0.3, -0.25) is 4.98 Å². The number of ether oxygens (including phenoxy) is 1. The van der Waals surface area contributed by atoms with Crippen molar-refractivity contribution in [2.24, 2.45) is 0 Å². The van der Waals surface area contributed by atoms with E-state index in [0.717, 1.165) is 0 Å². The van der Waals surface area contributed by atoms with E-state index in [4.69, 9.17) is 17.1 Å². The Balaban J connectivity index is 2.83. The number of rotatable bonds is 0. The van der Waals surface area contributed by atoms with Gasteiger partial charge in [-0.15, -0.1) is 0 Å². The third-order valence-corrected chi connectivity index (χ3v) is 1.73. The van der Waals surface area contributed by atoms with Crippen LogP contribution in [0.2, 0.25) is 0 Å². The van der Waals surface area contributed by atoms with Crippen molar-refractivity contribution < 1.29 is 21.9 Å². The average Bonchev–Trinajstić information content (AvgIpc) is 2.39. The molecule has 4 nitrogen and oxygen atoms in total. The number of aryl methyl sites for hydroxylation is 1. The molecule has 4 heteroatoms. The zero-order valence-corrected chi connectivity index (χ0v) is 9.71. The third-order valence-electron chi connectivity index (χ3n) is 1.73. The van der Waals surface area contributed by atoms with E-state index in [1.165, 1.54) is 20.8 Å². The highest BCUT2D eigenvalue weighted by atomic mass is 16.6. The summed E-state index contributed by atoms with van der Waals surface area (Å²) in [6, 6.07) is -1.59. The van der Waals surface area contributed by atoms with Crippen LogP contribution < -0.4 is 0 Å². The van der Waals surface area contributed by atoms with E-state index < -0.39 is 60.6 Å². The lowest BCUT2D eigenvalue weighted by atomic mass is 10.1. The summed E-state index contributed by atoms with van der Waals surface area (Å²) in [6.07, 6.45) is -5.29. The molecule has 1 aromatic heterocycles. The van der Waals surface area contributed by atoms with Crippen molar-refractivity contribution >= 4 is 6.09 Å². The second kappa shape index (κ2) is 4.35. The lowest BCUT2D eigenvalue weighted by molar-refractivity contribution is 0.0223. The first-order valence-electron chi connectivity index (χ1n) is 9.48. The molecule has 0 radical (unpaired) electrons. The first-order valence-corrected chi connectivity index (χ1v) is 4.98. The first kappa shape index (κ1) is 4.96. The van der Waals surface area contributed by atoms with Crippen LogP contribution >= 0.6 is 0 Å². The SMILES string of the molecule is [2H]c1nc2c(c([2H])c1[2H])C([2H])([2H])N(C(=O)OC(C)(C)C)C([2H])([2H])C2([2H])[2H]. The molecule has 0 fully saturated rings. The zero-order chi connectivity index (χ0) is 20.5. The highest BCUT2D eigenvalue weighted by Gasteiger charge is 2.25. The van der Waals surface area contributed by atoms with Gasteiger partial charge in [0.1, 0.15) is 5.60 Å². The molecule has 0 saturated heterocycles. The number of aromatic nitrogens is 1. The summed E-state index contributed by atoms with van der Waals surface area (Å²) in [7, 11) is 0. The van der Waals surface area contributed by atoms with Crippen LogP contribution in [0.25, 0.3) is 0 Å². The van der Waals surface area contributed by atoms with Crippen molar-refractivity contribution in [3.63, 3.8) is 0 Å². The number of pyridine rings is 1. The fourth-order valence-corrected chi connectivity index (χ4v) is 1.11. The molecule has 1 amide bonds. The normalized spacial score (nSPS) is 31.9. The van der Waals surface area contributed by atoms with Crippen molar-refractivity contribution in [3.05, 3.63) is 29.5 Å². The minimum atomic E-state index is -3.23. The van der Waals surface area contributed by atoms with E-state index >= 15 is 0 Å². The highest BCUT2D eigenvalue weighted by molar-refractivity contribution is 5.68. The van der Waals surface area contributed by atoms with E-state index in [9.17, 15) is 4.79 Å². The van der Waals surface area contributed by atoms with Crippen LogP contribution in [-0.4, -0.2) is 28.1 Å². The summed E-state index contributed by atoms with van der Waals surface area (Å²) in [4.78, 5) is 16.0. The largest absolute Gasteiger partial charge is 0.444 e. The molecule has 1 aliphatic heterocycles. The van der Waals surface area contributed by atoms with Gasteiger partial charge in [0.15, 0.2) is 0 Å². The van der Waals surface area contributed by atoms with Crippen LogP contribution in [0, 0.1) is 0 Å². The number of hydrogen-bond donors (Lipinski definition) is 0. The molecule has 0 N–H and O–H groups in total. The van der Waals surface area contributed by atoms with Gasteiger partial charge in [-0.2, -0.15) is 0 Å². The van der Waals surface area contributed by atoms with Crippen molar-refractivity contribution in [2.75, 3.05) is 6.50 Å². The molecule has 0 aromatic carbocycles. The third kappa shape index (κ3) is 2.96. The number of carbonyl (C=O) groups excluding carboxylic acids is 1. The van der Waals surface area contributed by atoms with E-state index in [0.29, 0.717) is 0 Å². The van der Waals surface area contributed by atoms with Crippen molar-refractivity contribution in [1.29, 1.82) is 0 Å². The molecule has 0 spiro atoms. The highest BCUT2D eigenvalue weighted by Crippen LogP contribution is 2.18. The Labute approximate surface area is 114 Å². The summed E-state index contributed by atoms with van der Waals surface area (Å²) in [5, 5.41) is 0. The van der Waals surface area contributed by atoms with Gasteiger partial charge in [0.2, 0.25) is 0 Å². The van der Waals surface area contributed by atoms with Gasteiger partial charge in [-0.1, -0.05) is 6.04 Å². The number of fused-ring (bicyclic) bond motifs is 1. The molecule has 92 valence electrons. The standard InChI is InChI=1S/C13H18N2O2/c1-13(2,3)17-12(16)15-8-6-11-10(9-15)5-4-7-14-11/h4-5,7H,6,8-9H2,1-3H3/i4D,5D,6D2,7D,8D2,9D2. The molecule has 0 saturated carbocycles. The minimum Gasteiger partial charge on any atom is -0.444 e. The Bertz CT molecular complexity index is 774. The fourth-order valence-electron chi connectivity index (χ4n) is 1.11. The van der Waals surface area contributed by atoms with Crippen LogP contribution in [0.5, 0.6) is 0 Å². The Morgan fingerprint density at radius 2 is 2.41 bits per heavy atom. The summed E-state index contributed by atoms with van der Waals surface area (Å²) >= 11 is 0. The molecule has 0 unspecified atom stereocenters. The molecule has 0 bridgehead atoms. The number of nitrogens with zero attached hydrogens (tertiary/aromatic N) is 2. The molecular weight excluding hydrogens is 216 g/mol. The summed E-state index contributed by atoms with van der Waals surface area (Å²) in [6.45, 7) is -1.82. The monoisotopic (exact) mass is 243 g/mol. The second-order valence-electron chi connectivity index (χ2n) is 4.36. The van der Waals surface area contributed by atoms with Crippen LogP contribution in [0.4, 0.5) is 4.79 Å². The Morgan fingerprint density at radius 1 is 1.65 bits per heavy atom. The lowest BCUT2D eigenvalue weighted by Crippen LogP contribution is -2.40. The number of hydrogen-bond acceptors (Lipinski definition) is 3. The van der Waals surface area contributed by atoms with Crippen LogP contribution in [0.15, 0.2) is 18.3 Å². The summed E-state index contributed by atoms with van der Waals surface area (Å²) in [5.74, 6) is 0. The van der Waals surface area contributed by atoms with Gasteiger partial charge in [-0.25, -0.2) is 4.79 Å². The Morgan fingerprint density at radius 3 is 3.12 bits per heavy atom. The second-order valence-corrected chi connectivity index (χ2v) is 4.36. The zero-order valence-electron chi connectivity index (χ0n) is 18.7. The van der Waals surface area contributed by atoms with Gasteiger partial charge in [-0.05, 0) is 32.4 Å². The molecular formula is C13H18N2O2. The van der Waals surface area contributed by atoms with Crippen LogP contribution in [-0.2, 0) is 17.6 Å². The van der Waals surface area contributed by atoms with Crippen molar-refractivity contribution in [1.82, 2.24) is 9.88 Å². The topological polar surface area (TPSA) is 42.4 Å². The van der Waals surface area contributed by atoms with Gasteiger partial charge >= 0.3 is 6.09 Å². The Kier molecular flexibility index (Phi) is 1.27. The smallest absolute Gasteiger partial charge is 0.410 e. The lowest BCUT2D eigenvalue weighted by Gasteiger charge is -2.30. The van der Waals surface area contributed by atoms with Crippen molar-refractivity contribution in [3.8, 4) is 0 Å². The molecule has 1 aromatic rings. The van der Waals surface area contributed by atoms with E-state index in [-0.39, 0.29) is 4.90 Å². The predicted octanol–water partition coefficient (Wildman–Crippen LogP) is 2.37. The fraction of sp³-hybridized carbons (Fsp3) is 0.538. The van der Waals surface area contributed by atoms with E-state index in [1.54, 1.807) is 0 Å². The van der Waals surface area contributed by atoms with Gasteiger partial charge in [0, 0.05) is 30.2 Å². The minimum absolute atomic E-state index is 0.0453. The average molecular weight is 243 g/mol. The van der Waals surface area contributed by atoms with Crippen LogP contribution in [0.1, 0.15) is 44.4 Å². The molecule has 2 heterocycles.